The Hall–Kier alpha value is -1.53. The van der Waals surface area contributed by atoms with E-state index >= 15 is 0 Å². The summed E-state index contributed by atoms with van der Waals surface area (Å²) in [6.45, 7) is 7.52. The Morgan fingerprint density at radius 2 is 2.26 bits per heavy atom. The number of hydrogen-bond acceptors (Lipinski definition) is 3. The molecule has 0 amide bonds. The molecule has 1 heterocycles. The summed E-state index contributed by atoms with van der Waals surface area (Å²) in [6.07, 6.45) is 2.29. The van der Waals surface area contributed by atoms with Crippen molar-refractivity contribution in [2.24, 2.45) is 17.1 Å². The lowest BCUT2D eigenvalue weighted by molar-refractivity contribution is 0.167. The van der Waals surface area contributed by atoms with Gasteiger partial charge >= 0.3 is 0 Å². The van der Waals surface area contributed by atoms with Crippen LogP contribution in [0.1, 0.15) is 32.3 Å². The van der Waals surface area contributed by atoms with Crippen LogP contribution in [-0.2, 0) is 0 Å². The van der Waals surface area contributed by atoms with Crippen LogP contribution < -0.4 is 10.6 Å². The summed E-state index contributed by atoms with van der Waals surface area (Å²) < 4.78 is 0. The highest BCUT2D eigenvalue weighted by Gasteiger charge is 2.35. The standard InChI is InChI=1S/C16H23N3/c1-16(2)12-19(9-7-14(16)6-8-17)15-5-3-4-13(10-15)11-18/h3-5,10,14H,6-9,12,17H2,1-2H3. The van der Waals surface area contributed by atoms with E-state index in [0.717, 1.165) is 31.6 Å². The Bertz CT molecular complexity index is 473. The summed E-state index contributed by atoms with van der Waals surface area (Å²) in [4.78, 5) is 2.40. The van der Waals surface area contributed by atoms with Crippen molar-refractivity contribution in [2.75, 3.05) is 24.5 Å². The Kier molecular flexibility index (Phi) is 4.11. The number of piperidine rings is 1. The summed E-state index contributed by atoms with van der Waals surface area (Å²) in [5.74, 6) is 0.702. The van der Waals surface area contributed by atoms with E-state index in [0.29, 0.717) is 5.92 Å². The highest BCUT2D eigenvalue weighted by atomic mass is 15.1. The smallest absolute Gasteiger partial charge is 0.0992 e. The second-order valence-corrected chi connectivity index (χ2v) is 6.14. The van der Waals surface area contributed by atoms with Crippen LogP contribution in [0.3, 0.4) is 0 Å². The molecular weight excluding hydrogens is 234 g/mol. The van der Waals surface area contributed by atoms with E-state index in [9.17, 15) is 0 Å². The van der Waals surface area contributed by atoms with Crippen LogP contribution in [0, 0.1) is 22.7 Å². The zero-order valence-electron chi connectivity index (χ0n) is 11.9. The average molecular weight is 257 g/mol. The van der Waals surface area contributed by atoms with E-state index in [1.807, 2.05) is 18.2 Å². The summed E-state index contributed by atoms with van der Waals surface area (Å²) in [7, 11) is 0. The fourth-order valence-electron chi connectivity index (χ4n) is 3.13. The van der Waals surface area contributed by atoms with Gasteiger partial charge in [0.15, 0.2) is 0 Å². The van der Waals surface area contributed by atoms with Crippen LogP contribution in [0.5, 0.6) is 0 Å². The largest absolute Gasteiger partial charge is 0.371 e. The second-order valence-electron chi connectivity index (χ2n) is 6.14. The molecule has 2 rings (SSSR count). The van der Waals surface area contributed by atoms with Crippen molar-refractivity contribution in [3.05, 3.63) is 29.8 Å². The van der Waals surface area contributed by atoms with Gasteiger partial charge in [-0.15, -0.1) is 0 Å². The van der Waals surface area contributed by atoms with Crippen molar-refractivity contribution in [1.29, 1.82) is 5.26 Å². The molecule has 0 aromatic heterocycles. The van der Waals surface area contributed by atoms with Crippen LogP contribution in [0.25, 0.3) is 0 Å². The van der Waals surface area contributed by atoms with Gasteiger partial charge in [0.1, 0.15) is 0 Å². The Balaban J connectivity index is 2.14. The Morgan fingerprint density at radius 3 is 2.89 bits per heavy atom. The SMILES string of the molecule is CC1(C)CN(c2cccc(C#N)c2)CCC1CCN. The maximum atomic E-state index is 8.99. The molecule has 19 heavy (non-hydrogen) atoms. The quantitative estimate of drug-likeness (QED) is 0.906. The van der Waals surface area contributed by atoms with E-state index in [2.05, 4.69) is 30.9 Å². The number of anilines is 1. The molecule has 1 aromatic carbocycles. The number of hydrogen-bond donors (Lipinski definition) is 1. The zero-order valence-corrected chi connectivity index (χ0v) is 11.9. The zero-order chi connectivity index (χ0) is 13.9. The van der Waals surface area contributed by atoms with Crippen LogP contribution in [-0.4, -0.2) is 19.6 Å². The van der Waals surface area contributed by atoms with E-state index in [4.69, 9.17) is 11.0 Å². The van der Waals surface area contributed by atoms with Crippen LogP contribution in [0.4, 0.5) is 5.69 Å². The molecule has 0 radical (unpaired) electrons. The Morgan fingerprint density at radius 1 is 1.47 bits per heavy atom. The minimum atomic E-state index is 0.278. The molecule has 1 atom stereocenters. The monoisotopic (exact) mass is 257 g/mol. The van der Waals surface area contributed by atoms with E-state index in [1.54, 1.807) is 0 Å². The number of benzene rings is 1. The molecule has 1 saturated heterocycles. The molecule has 3 heteroatoms. The maximum Gasteiger partial charge on any atom is 0.0992 e. The lowest BCUT2D eigenvalue weighted by atomic mass is 9.72. The van der Waals surface area contributed by atoms with E-state index in [-0.39, 0.29) is 5.41 Å². The number of nitriles is 1. The molecule has 1 unspecified atom stereocenters. The van der Waals surface area contributed by atoms with Gasteiger partial charge in [0, 0.05) is 18.8 Å². The van der Waals surface area contributed by atoms with Crippen molar-refractivity contribution in [3.8, 4) is 6.07 Å². The normalized spacial score (nSPS) is 22.0. The molecule has 0 aliphatic carbocycles. The van der Waals surface area contributed by atoms with Crippen molar-refractivity contribution in [1.82, 2.24) is 0 Å². The van der Waals surface area contributed by atoms with Crippen LogP contribution in [0.15, 0.2) is 24.3 Å². The van der Waals surface area contributed by atoms with Gasteiger partial charge in [-0.25, -0.2) is 0 Å². The third kappa shape index (κ3) is 3.08. The van der Waals surface area contributed by atoms with Gasteiger partial charge in [0.05, 0.1) is 11.6 Å². The van der Waals surface area contributed by atoms with Crippen molar-refractivity contribution in [2.45, 2.75) is 26.7 Å². The first-order valence-electron chi connectivity index (χ1n) is 7.02. The van der Waals surface area contributed by atoms with Gasteiger partial charge < -0.3 is 10.6 Å². The molecule has 102 valence electrons. The fraction of sp³-hybridized carbons (Fsp3) is 0.562. The molecule has 3 nitrogen and oxygen atoms in total. The summed E-state index contributed by atoms with van der Waals surface area (Å²) in [5.41, 5.74) is 7.89. The first kappa shape index (κ1) is 13.9. The fourth-order valence-corrected chi connectivity index (χ4v) is 3.13. The van der Waals surface area contributed by atoms with E-state index < -0.39 is 0 Å². The number of nitrogens with two attached hydrogens (primary N) is 1. The summed E-state index contributed by atoms with van der Waals surface area (Å²) in [5, 5.41) is 8.99. The predicted molar refractivity (Wildman–Crippen MR) is 78.9 cm³/mol. The summed E-state index contributed by atoms with van der Waals surface area (Å²) in [6, 6.07) is 10.1. The van der Waals surface area contributed by atoms with E-state index in [1.165, 1.54) is 12.1 Å². The number of nitrogens with zero attached hydrogens (tertiary/aromatic N) is 2. The topological polar surface area (TPSA) is 53.0 Å². The highest BCUT2D eigenvalue weighted by molar-refractivity contribution is 5.52. The van der Waals surface area contributed by atoms with Crippen LogP contribution >= 0.6 is 0 Å². The average Bonchev–Trinajstić information content (AvgIpc) is 2.41. The Labute approximate surface area is 116 Å². The molecule has 1 aromatic rings. The molecule has 1 fully saturated rings. The highest BCUT2D eigenvalue weighted by Crippen LogP contribution is 2.38. The lowest BCUT2D eigenvalue weighted by Gasteiger charge is -2.45. The van der Waals surface area contributed by atoms with Crippen molar-refractivity contribution < 1.29 is 0 Å². The second kappa shape index (κ2) is 5.63. The molecule has 1 aliphatic rings. The molecular formula is C16H23N3. The minimum Gasteiger partial charge on any atom is -0.371 e. The van der Waals surface area contributed by atoms with Crippen molar-refractivity contribution >= 4 is 5.69 Å². The molecule has 2 N–H and O–H groups in total. The molecule has 0 saturated carbocycles. The van der Waals surface area contributed by atoms with Gasteiger partial charge in [-0.3, -0.25) is 0 Å². The lowest BCUT2D eigenvalue weighted by Crippen LogP contribution is -2.46. The van der Waals surface area contributed by atoms with Gasteiger partial charge in [-0.2, -0.15) is 5.26 Å². The molecule has 1 aliphatic heterocycles. The van der Waals surface area contributed by atoms with Crippen molar-refractivity contribution in [3.63, 3.8) is 0 Å². The first-order chi connectivity index (χ1) is 9.06. The number of rotatable bonds is 3. The van der Waals surface area contributed by atoms with Gasteiger partial charge in [0.2, 0.25) is 0 Å². The van der Waals surface area contributed by atoms with Gasteiger partial charge in [-0.1, -0.05) is 19.9 Å². The third-order valence-electron chi connectivity index (χ3n) is 4.31. The molecule has 0 spiro atoms. The van der Waals surface area contributed by atoms with Gasteiger partial charge in [-0.05, 0) is 48.9 Å². The third-order valence-corrected chi connectivity index (χ3v) is 4.31. The maximum absolute atomic E-state index is 8.99. The minimum absolute atomic E-state index is 0.278. The van der Waals surface area contributed by atoms with Gasteiger partial charge in [0.25, 0.3) is 0 Å². The predicted octanol–water partition coefficient (Wildman–Crippen LogP) is 2.76. The first-order valence-corrected chi connectivity index (χ1v) is 7.02. The van der Waals surface area contributed by atoms with Crippen LogP contribution in [0.2, 0.25) is 0 Å². The summed E-state index contributed by atoms with van der Waals surface area (Å²) >= 11 is 0. The molecule has 0 bridgehead atoms.